The van der Waals surface area contributed by atoms with Crippen LogP contribution in [0.1, 0.15) is 15.9 Å². The summed E-state index contributed by atoms with van der Waals surface area (Å²) >= 11 is 0. The van der Waals surface area contributed by atoms with Gasteiger partial charge in [-0.15, -0.1) is 0 Å². The van der Waals surface area contributed by atoms with Gasteiger partial charge in [-0.25, -0.2) is 12.7 Å². The van der Waals surface area contributed by atoms with Gasteiger partial charge in [0.1, 0.15) is 13.2 Å². The van der Waals surface area contributed by atoms with Crippen LogP contribution < -0.4 is 19.7 Å². The Kier molecular flexibility index (Phi) is 6.54. The highest BCUT2D eigenvalue weighted by molar-refractivity contribution is 7.89. The summed E-state index contributed by atoms with van der Waals surface area (Å²) in [5, 5.41) is 2.91. The second kappa shape index (κ2) is 9.35. The van der Waals surface area contributed by atoms with Gasteiger partial charge in [0.05, 0.1) is 23.7 Å². The number of ether oxygens (including phenoxy) is 3. The molecule has 0 spiro atoms. The van der Waals surface area contributed by atoms with Gasteiger partial charge < -0.3 is 24.4 Å². The standard InChI is InChI=1S/C22H27N3O6S/c1-24(2)32(27,28)17-6-7-19(25-8-10-29-11-9-25)18(14-17)22(26)23-15-16-4-3-5-20-21(16)31-13-12-30-20/h3-7,14H,8-13,15H2,1-2H3,(H,23,26). The van der Waals surface area contributed by atoms with E-state index in [4.69, 9.17) is 14.2 Å². The summed E-state index contributed by atoms with van der Waals surface area (Å²) in [7, 11) is -0.758. The molecule has 2 aliphatic heterocycles. The molecule has 0 aliphatic carbocycles. The summed E-state index contributed by atoms with van der Waals surface area (Å²) in [5.41, 5.74) is 1.77. The number of carbonyl (C=O) groups excluding carboxylic acids is 1. The minimum atomic E-state index is -3.69. The van der Waals surface area contributed by atoms with Crippen LogP contribution in [0, 0.1) is 0 Å². The molecule has 0 radical (unpaired) electrons. The van der Waals surface area contributed by atoms with Crippen LogP contribution in [0.4, 0.5) is 5.69 Å². The number of nitrogens with zero attached hydrogens (tertiary/aromatic N) is 2. The Balaban J connectivity index is 1.63. The van der Waals surface area contributed by atoms with Gasteiger partial charge >= 0.3 is 0 Å². The van der Waals surface area contributed by atoms with Crippen molar-refractivity contribution in [3.63, 3.8) is 0 Å². The van der Waals surface area contributed by atoms with Gasteiger partial charge in [-0.05, 0) is 24.3 Å². The molecule has 1 N–H and O–H groups in total. The van der Waals surface area contributed by atoms with E-state index in [1.165, 1.54) is 26.2 Å². The van der Waals surface area contributed by atoms with Crippen LogP contribution in [0.25, 0.3) is 0 Å². The quantitative estimate of drug-likeness (QED) is 0.696. The lowest BCUT2D eigenvalue weighted by molar-refractivity contribution is 0.0948. The minimum Gasteiger partial charge on any atom is -0.486 e. The van der Waals surface area contributed by atoms with Crippen molar-refractivity contribution in [3.05, 3.63) is 47.5 Å². The smallest absolute Gasteiger partial charge is 0.253 e. The van der Waals surface area contributed by atoms with Crippen LogP contribution in [0.3, 0.4) is 0 Å². The Labute approximate surface area is 187 Å². The fraction of sp³-hybridized carbons (Fsp3) is 0.409. The first-order valence-electron chi connectivity index (χ1n) is 10.4. The average Bonchev–Trinajstić information content (AvgIpc) is 2.82. The summed E-state index contributed by atoms with van der Waals surface area (Å²) in [5.74, 6) is 0.907. The first kappa shape index (κ1) is 22.4. The summed E-state index contributed by atoms with van der Waals surface area (Å²) in [6.45, 7) is 3.49. The SMILES string of the molecule is CN(C)S(=O)(=O)c1ccc(N2CCOCC2)c(C(=O)NCc2cccc3c2OCCO3)c1. The van der Waals surface area contributed by atoms with Crippen LogP contribution in [0.15, 0.2) is 41.3 Å². The number of rotatable bonds is 6. The molecule has 32 heavy (non-hydrogen) atoms. The van der Waals surface area contributed by atoms with E-state index in [-0.39, 0.29) is 17.3 Å². The maximum atomic E-state index is 13.2. The average molecular weight is 462 g/mol. The minimum absolute atomic E-state index is 0.0680. The molecule has 0 aromatic heterocycles. The van der Waals surface area contributed by atoms with E-state index in [9.17, 15) is 13.2 Å². The van der Waals surface area contributed by atoms with Crippen LogP contribution in [-0.4, -0.2) is 72.2 Å². The number of para-hydroxylation sites is 1. The number of anilines is 1. The highest BCUT2D eigenvalue weighted by Crippen LogP contribution is 2.33. The van der Waals surface area contributed by atoms with E-state index in [0.29, 0.717) is 62.3 Å². The monoisotopic (exact) mass is 461 g/mol. The number of carbonyl (C=O) groups is 1. The molecule has 2 aliphatic rings. The van der Waals surface area contributed by atoms with Gasteiger partial charge in [-0.3, -0.25) is 4.79 Å². The Morgan fingerprint density at radius 3 is 2.56 bits per heavy atom. The topological polar surface area (TPSA) is 97.4 Å². The fourth-order valence-electron chi connectivity index (χ4n) is 3.69. The van der Waals surface area contributed by atoms with E-state index in [1.807, 2.05) is 23.1 Å². The Morgan fingerprint density at radius 1 is 1.06 bits per heavy atom. The third kappa shape index (κ3) is 4.52. The highest BCUT2D eigenvalue weighted by atomic mass is 32.2. The van der Waals surface area contributed by atoms with Crippen molar-refractivity contribution in [2.24, 2.45) is 0 Å². The van der Waals surface area contributed by atoms with Crippen LogP contribution in [0.2, 0.25) is 0 Å². The zero-order chi connectivity index (χ0) is 22.7. The first-order chi connectivity index (χ1) is 15.4. The van der Waals surface area contributed by atoms with E-state index >= 15 is 0 Å². The summed E-state index contributed by atoms with van der Waals surface area (Å²) in [6, 6.07) is 10.2. The number of hydrogen-bond acceptors (Lipinski definition) is 7. The molecule has 1 amide bonds. The predicted molar refractivity (Wildman–Crippen MR) is 119 cm³/mol. The van der Waals surface area contributed by atoms with Crippen molar-refractivity contribution < 1.29 is 27.4 Å². The second-order valence-electron chi connectivity index (χ2n) is 7.69. The molecular weight excluding hydrogens is 434 g/mol. The molecular formula is C22H27N3O6S. The molecule has 2 heterocycles. The van der Waals surface area contributed by atoms with Crippen molar-refractivity contribution in [3.8, 4) is 11.5 Å². The van der Waals surface area contributed by atoms with Crippen LogP contribution >= 0.6 is 0 Å². The summed E-state index contributed by atoms with van der Waals surface area (Å²) in [6.07, 6.45) is 0. The van der Waals surface area contributed by atoms with Gasteiger partial charge in [-0.2, -0.15) is 0 Å². The number of benzene rings is 2. The van der Waals surface area contributed by atoms with Crippen LogP contribution in [0.5, 0.6) is 11.5 Å². The molecule has 2 aromatic rings. The van der Waals surface area contributed by atoms with Gasteiger partial charge in [0.25, 0.3) is 5.91 Å². The van der Waals surface area contributed by atoms with Gasteiger partial charge in [0, 0.05) is 45.0 Å². The number of amides is 1. The molecule has 2 aromatic carbocycles. The van der Waals surface area contributed by atoms with Crippen molar-refractivity contribution in [2.75, 3.05) is 58.5 Å². The van der Waals surface area contributed by atoms with E-state index < -0.39 is 10.0 Å². The number of nitrogens with one attached hydrogen (secondary N) is 1. The summed E-state index contributed by atoms with van der Waals surface area (Å²) in [4.78, 5) is 15.4. The number of morpholine rings is 1. The third-order valence-electron chi connectivity index (χ3n) is 5.43. The lowest BCUT2D eigenvalue weighted by atomic mass is 10.1. The summed E-state index contributed by atoms with van der Waals surface area (Å²) < 4.78 is 43.2. The molecule has 9 nitrogen and oxygen atoms in total. The lowest BCUT2D eigenvalue weighted by Gasteiger charge is -2.30. The number of hydrogen-bond donors (Lipinski definition) is 1. The number of fused-ring (bicyclic) bond motifs is 1. The zero-order valence-corrected chi connectivity index (χ0v) is 19.0. The molecule has 0 bridgehead atoms. The Hall–Kier alpha value is -2.82. The predicted octanol–water partition coefficient (Wildman–Crippen LogP) is 1.47. The van der Waals surface area contributed by atoms with Crippen LogP contribution in [-0.2, 0) is 21.3 Å². The lowest BCUT2D eigenvalue weighted by Crippen LogP contribution is -2.38. The highest BCUT2D eigenvalue weighted by Gasteiger charge is 2.25. The molecule has 4 rings (SSSR count). The van der Waals surface area contributed by atoms with Crippen molar-refractivity contribution in [1.29, 1.82) is 0 Å². The molecule has 0 saturated carbocycles. The van der Waals surface area contributed by atoms with E-state index in [2.05, 4.69) is 5.32 Å². The Morgan fingerprint density at radius 2 is 1.81 bits per heavy atom. The molecule has 1 fully saturated rings. The van der Waals surface area contributed by atoms with Gasteiger partial charge in [0.15, 0.2) is 11.5 Å². The third-order valence-corrected chi connectivity index (χ3v) is 7.24. The molecule has 1 saturated heterocycles. The zero-order valence-electron chi connectivity index (χ0n) is 18.2. The second-order valence-corrected chi connectivity index (χ2v) is 9.84. The van der Waals surface area contributed by atoms with E-state index in [0.717, 1.165) is 9.87 Å². The fourth-order valence-corrected chi connectivity index (χ4v) is 4.62. The molecule has 172 valence electrons. The normalized spacial score (nSPS) is 16.2. The van der Waals surface area contributed by atoms with Crippen molar-refractivity contribution >= 4 is 21.6 Å². The van der Waals surface area contributed by atoms with E-state index in [1.54, 1.807) is 6.07 Å². The van der Waals surface area contributed by atoms with Gasteiger partial charge in [-0.1, -0.05) is 12.1 Å². The molecule has 10 heteroatoms. The van der Waals surface area contributed by atoms with Crippen molar-refractivity contribution in [2.45, 2.75) is 11.4 Å². The Bertz CT molecular complexity index is 1100. The maximum Gasteiger partial charge on any atom is 0.253 e. The molecule has 0 atom stereocenters. The first-order valence-corrected chi connectivity index (χ1v) is 11.9. The largest absolute Gasteiger partial charge is 0.486 e. The maximum absolute atomic E-state index is 13.2. The number of sulfonamides is 1. The van der Waals surface area contributed by atoms with Crippen molar-refractivity contribution in [1.82, 2.24) is 9.62 Å². The van der Waals surface area contributed by atoms with Gasteiger partial charge in [0.2, 0.25) is 10.0 Å². The molecule has 0 unspecified atom stereocenters.